The molecular weight excluding hydrogens is 264 g/mol. The maximum Gasteiger partial charge on any atom is 0.247 e. The first-order valence-electron chi connectivity index (χ1n) is 6.80. The van der Waals surface area contributed by atoms with E-state index in [1.54, 1.807) is 7.11 Å². The van der Waals surface area contributed by atoms with Gasteiger partial charge in [0.25, 0.3) is 0 Å². The quantitative estimate of drug-likeness (QED) is 0.727. The summed E-state index contributed by atoms with van der Waals surface area (Å²) in [6.07, 6.45) is 0. The number of hydrogen-bond acceptors (Lipinski definition) is 4. The molecule has 0 radical (unpaired) electrons. The first kappa shape index (κ1) is 13.4. The van der Waals surface area contributed by atoms with Crippen LogP contribution in [0.2, 0.25) is 0 Å². The first-order valence-corrected chi connectivity index (χ1v) is 6.80. The Balaban J connectivity index is 1.85. The monoisotopic (exact) mass is 280 g/mol. The third kappa shape index (κ3) is 2.79. The van der Waals surface area contributed by atoms with Crippen molar-refractivity contribution in [3.8, 4) is 17.2 Å². The molecule has 1 unspecified atom stereocenters. The molecule has 3 rings (SSSR count). The Hall–Kier alpha value is -2.62. The van der Waals surface area contributed by atoms with Crippen LogP contribution in [-0.4, -0.2) is 17.3 Å². The summed E-state index contributed by atoms with van der Waals surface area (Å²) < 4.78 is 11.0. The van der Waals surface area contributed by atoms with Crippen molar-refractivity contribution < 1.29 is 9.15 Å². The fourth-order valence-corrected chi connectivity index (χ4v) is 2.14. The van der Waals surface area contributed by atoms with Crippen molar-refractivity contribution in [3.05, 3.63) is 66.1 Å². The molecule has 0 N–H and O–H groups in total. The molecule has 4 heteroatoms. The van der Waals surface area contributed by atoms with E-state index in [2.05, 4.69) is 10.2 Å². The van der Waals surface area contributed by atoms with Gasteiger partial charge in [0, 0.05) is 5.56 Å². The topological polar surface area (TPSA) is 48.2 Å². The molecule has 0 amide bonds. The zero-order valence-corrected chi connectivity index (χ0v) is 12.0. The lowest BCUT2D eigenvalue weighted by Gasteiger charge is -2.08. The van der Waals surface area contributed by atoms with Crippen LogP contribution in [0.25, 0.3) is 11.5 Å². The van der Waals surface area contributed by atoms with Gasteiger partial charge in [-0.15, -0.1) is 10.2 Å². The molecule has 0 saturated heterocycles. The number of benzene rings is 2. The van der Waals surface area contributed by atoms with Crippen molar-refractivity contribution in [1.82, 2.24) is 10.2 Å². The fraction of sp³-hybridized carbons (Fsp3) is 0.176. The average molecular weight is 280 g/mol. The van der Waals surface area contributed by atoms with E-state index >= 15 is 0 Å². The zero-order valence-electron chi connectivity index (χ0n) is 12.0. The van der Waals surface area contributed by atoms with E-state index in [0.717, 1.165) is 16.9 Å². The molecule has 2 aromatic carbocycles. The molecule has 0 aliphatic carbocycles. The highest BCUT2D eigenvalue weighted by Crippen LogP contribution is 2.27. The Morgan fingerprint density at radius 3 is 2.33 bits per heavy atom. The Morgan fingerprint density at radius 2 is 1.67 bits per heavy atom. The highest BCUT2D eigenvalue weighted by atomic mass is 16.5. The van der Waals surface area contributed by atoms with Gasteiger partial charge in [0.1, 0.15) is 5.75 Å². The number of methoxy groups -OCH3 is 1. The second-order valence-electron chi connectivity index (χ2n) is 4.81. The molecule has 0 spiro atoms. The number of hydrogen-bond donors (Lipinski definition) is 0. The van der Waals surface area contributed by atoms with Gasteiger partial charge in [-0.05, 0) is 36.8 Å². The maximum absolute atomic E-state index is 5.79. The smallest absolute Gasteiger partial charge is 0.247 e. The summed E-state index contributed by atoms with van der Waals surface area (Å²) >= 11 is 0. The lowest BCUT2D eigenvalue weighted by Crippen LogP contribution is -1.96. The summed E-state index contributed by atoms with van der Waals surface area (Å²) in [4.78, 5) is 0. The summed E-state index contributed by atoms with van der Waals surface area (Å²) in [7, 11) is 1.66. The molecule has 1 heterocycles. The lowest BCUT2D eigenvalue weighted by atomic mass is 10.0. The number of aromatic nitrogens is 2. The summed E-state index contributed by atoms with van der Waals surface area (Å²) in [6.45, 7) is 2.05. The van der Waals surface area contributed by atoms with E-state index in [9.17, 15) is 0 Å². The fourth-order valence-electron chi connectivity index (χ4n) is 2.14. The van der Waals surface area contributed by atoms with Gasteiger partial charge >= 0.3 is 0 Å². The van der Waals surface area contributed by atoms with Crippen LogP contribution in [0.4, 0.5) is 0 Å². The highest BCUT2D eigenvalue weighted by molar-refractivity contribution is 5.51. The Kier molecular flexibility index (Phi) is 3.69. The third-order valence-corrected chi connectivity index (χ3v) is 3.45. The van der Waals surface area contributed by atoms with E-state index < -0.39 is 0 Å². The van der Waals surface area contributed by atoms with Crippen molar-refractivity contribution >= 4 is 0 Å². The van der Waals surface area contributed by atoms with Crippen molar-refractivity contribution in [2.24, 2.45) is 0 Å². The molecule has 1 atom stereocenters. The highest BCUT2D eigenvalue weighted by Gasteiger charge is 2.16. The molecule has 0 fully saturated rings. The SMILES string of the molecule is COc1ccc(C(C)c2nnc(-c3ccccc3)o2)cc1. The largest absolute Gasteiger partial charge is 0.497 e. The summed E-state index contributed by atoms with van der Waals surface area (Å²) in [5, 5.41) is 8.29. The molecule has 0 saturated carbocycles. The minimum absolute atomic E-state index is 0.0425. The van der Waals surface area contributed by atoms with Crippen LogP contribution < -0.4 is 4.74 Å². The van der Waals surface area contributed by atoms with E-state index in [1.807, 2.05) is 61.5 Å². The van der Waals surface area contributed by atoms with Gasteiger partial charge < -0.3 is 9.15 Å². The molecule has 0 bridgehead atoms. The molecule has 3 aromatic rings. The Labute approximate surface area is 123 Å². The average Bonchev–Trinajstić information content (AvgIpc) is 3.05. The molecule has 1 aromatic heterocycles. The van der Waals surface area contributed by atoms with E-state index in [4.69, 9.17) is 9.15 Å². The van der Waals surface area contributed by atoms with Crippen LogP contribution in [0, 0.1) is 0 Å². The molecule has 21 heavy (non-hydrogen) atoms. The number of ether oxygens (including phenoxy) is 1. The van der Waals surface area contributed by atoms with Crippen molar-refractivity contribution in [2.75, 3.05) is 7.11 Å². The van der Waals surface area contributed by atoms with Gasteiger partial charge in [-0.2, -0.15) is 0 Å². The van der Waals surface area contributed by atoms with Crippen molar-refractivity contribution in [3.63, 3.8) is 0 Å². The van der Waals surface area contributed by atoms with Gasteiger partial charge in [-0.1, -0.05) is 30.3 Å². The van der Waals surface area contributed by atoms with Gasteiger partial charge in [0.15, 0.2) is 0 Å². The Bertz CT molecular complexity index is 705. The molecular formula is C17H16N2O2. The van der Waals surface area contributed by atoms with Gasteiger partial charge in [0.05, 0.1) is 13.0 Å². The van der Waals surface area contributed by atoms with Crippen LogP contribution in [0.5, 0.6) is 5.75 Å². The minimum Gasteiger partial charge on any atom is -0.497 e. The molecule has 0 aliphatic rings. The van der Waals surface area contributed by atoms with Crippen LogP contribution in [0.15, 0.2) is 59.0 Å². The maximum atomic E-state index is 5.79. The van der Waals surface area contributed by atoms with Crippen LogP contribution in [0.3, 0.4) is 0 Å². The third-order valence-electron chi connectivity index (χ3n) is 3.45. The number of nitrogens with zero attached hydrogens (tertiary/aromatic N) is 2. The number of rotatable bonds is 4. The molecule has 106 valence electrons. The zero-order chi connectivity index (χ0) is 14.7. The van der Waals surface area contributed by atoms with E-state index in [1.165, 1.54) is 0 Å². The second kappa shape index (κ2) is 5.79. The molecule has 0 aliphatic heterocycles. The van der Waals surface area contributed by atoms with Crippen molar-refractivity contribution in [2.45, 2.75) is 12.8 Å². The second-order valence-corrected chi connectivity index (χ2v) is 4.81. The minimum atomic E-state index is 0.0425. The van der Waals surface area contributed by atoms with Gasteiger partial charge in [-0.3, -0.25) is 0 Å². The normalized spacial score (nSPS) is 12.1. The lowest BCUT2D eigenvalue weighted by molar-refractivity contribution is 0.414. The predicted molar refractivity (Wildman–Crippen MR) is 80.2 cm³/mol. The van der Waals surface area contributed by atoms with Crippen molar-refractivity contribution in [1.29, 1.82) is 0 Å². The summed E-state index contributed by atoms with van der Waals surface area (Å²) in [5.74, 6) is 2.03. The van der Waals surface area contributed by atoms with E-state index in [0.29, 0.717) is 11.8 Å². The summed E-state index contributed by atoms with van der Waals surface area (Å²) in [5.41, 5.74) is 2.04. The standard InChI is InChI=1S/C17H16N2O2/c1-12(13-8-10-15(20-2)11-9-13)16-18-19-17(21-16)14-6-4-3-5-7-14/h3-12H,1-2H3. The van der Waals surface area contributed by atoms with Gasteiger partial charge in [-0.25, -0.2) is 0 Å². The Morgan fingerprint density at radius 1 is 0.952 bits per heavy atom. The molecule has 4 nitrogen and oxygen atoms in total. The van der Waals surface area contributed by atoms with Crippen LogP contribution in [0.1, 0.15) is 24.3 Å². The predicted octanol–water partition coefficient (Wildman–Crippen LogP) is 3.90. The van der Waals surface area contributed by atoms with Crippen LogP contribution >= 0.6 is 0 Å². The first-order chi connectivity index (χ1) is 10.3. The van der Waals surface area contributed by atoms with Gasteiger partial charge in [0.2, 0.25) is 11.8 Å². The summed E-state index contributed by atoms with van der Waals surface area (Å²) in [6, 6.07) is 17.6. The van der Waals surface area contributed by atoms with E-state index in [-0.39, 0.29) is 5.92 Å². The van der Waals surface area contributed by atoms with Crippen LogP contribution in [-0.2, 0) is 0 Å².